The van der Waals surface area contributed by atoms with E-state index in [-0.39, 0.29) is 10.8 Å². The normalized spacial score (nSPS) is 45.2. The predicted octanol–water partition coefficient (Wildman–Crippen LogP) is 4.91. The Balaban J connectivity index is 2.07. The number of ketones is 1. The molecule has 3 atom stereocenters. The lowest BCUT2D eigenvalue weighted by atomic mass is 9.44. The summed E-state index contributed by atoms with van der Waals surface area (Å²) in [5.41, 5.74) is 2.31. The molecule has 0 spiro atoms. The zero-order valence-electron chi connectivity index (χ0n) is 13.0. The van der Waals surface area contributed by atoms with Gasteiger partial charge in [-0.2, -0.15) is 0 Å². The summed E-state index contributed by atoms with van der Waals surface area (Å²) in [5, 5.41) is 0. The third kappa shape index (κ3) is 1.69. The summed E-state index contributed by atoms with van der Waals surface area (Å²) in [6, 6.07) is 0. The van der Waals surface area contributed by atoms with Gasteiger partial charge in [-0.1, -0.05) is 39.3 Å². The Bertz CT molecular complexity index is 445. The summed E-state index contributed by atoms with van der Waals surface area (Å²) in [6.45, 7) is 9.33. The van der Waals surface area contributed by atoms with Crippen molar-refractivity contribution in [3.63, 3.8) is 0 Å². The summed E-state index contributed by atoms with van der Waals surface area (Å²) in [5.74, 6) is 1.05. The minimum Gasteiger partial charge on any atom is -0.299 e. The van der Waals surface area contributed by atoms with Crippen LogP contribution in [0.25, 0.3) is 0 Å². The molecule has 0 bridgehead atoms. The first kappa shape index (κ1) is 13.4. The largest absolute Gasteiger partial charge is 0.299 e. The lowest BCUT2D eigenvalue weighted by molar-refractivity contribution is -0.141. The number of carbonyl (C=O) groups excluding carboxylic acids is 1. The van der Waals surface area contributed by atoms with Crippen molar-refractivity contribution >= 4 is 5.78 Å². The van der Waals surface area contributed by atoms with Crippen molar-refractivity contribution in [2.24, 2.45) is 22.2 Å². The fourth-order valence-electron chi connectivity index (χ4n) is 5.63. The van der Waals surface area contributed by atoms with Gasteiger partial charge >= 0.3 is 0 Å². The second-order valence-corrected chi connectivity index (χ2v) is 8.22. The van der Waals surface area contributed by atoms with Crippen molar-refractivity contribution < 1.29 is 4.79 Å². The van der Waals surface area contributed by atoms with Crippen LogP contribution in [0.1, 0.15) is 72.6 Å². The molecule has 0 aromatic carbocycles. The topological polar surface area (TPSA) is 17.1 Å². The average molecular weight is 260 g/mol. The molecule has 0 N–H and O–H groups in total. The molecule has 0 radical (unpaired) electrons. The maximum Gasteiger partial charge on any atom is 0.138 e. The van der Waals surface area contributed by atoms with Crippen LogP contribution in [0.15, 0.2) is 11.6 Å². The maximum atomic E-state index is 12.3. The quantitative estimate of drug-likeness (QED) is 0.566. The average Bonchev–Trinajstić information content (AvgIpc) is 2.34. The van der Waals surface area contributed by atoms with Gasteiger partial charge in [0, 0.05) is 11.8 Å². The van der Waals surface area contributed by atoms with Crippen LogP contribution in [-0.4, -0.2) is 5.78 Å². The molecule has 0 aromatic rings. The summed E-state index contributed by atoms with van der Waals surface area (Å²) in [6.07, 6.45) is 10.9. The Hall–Kier alpha value is -0.590. The molecule has 19 heavy (non-hydrogen) atoms. The summed E-state index contributed by atoms with van der Waals surface area (Å²) in [7, 11) is 0. The van der Waals surface area contributed by atoms with E-state index in [9.17, 15) is 4.79 Å². The van der Waals surface area contributed by atoms with Crippen molar-refractivity contribution in [1.82, 2.24) is 0 Å². The van der Waals surface area contributed by atoms with Crippen molar-refractivity contribution in [1.29, 1.82) is 0 Å². The smallest absolute Gasteiger partial charge is 0.138 e. The molecule has 1 nitrogen and oxygen atoms in total. The van der Waals surface area contributed by atoms with Crippen molar-refractivity contribution in [3.05, 3.63) is 11.6 Å². The van der Waals surface area contributed by atoms with Gasteiger partial charge in [0.05, 0.1) is 0 Å². The third-order valence-electron chi connectivity index (χ3n) is 6.76. The molecule has 3 rings (SSSR count). The van der Waals surface area contributed by atoms with Gasteiger partial charge in [-0.15, -0.1) is 0 Å². The van der Waals surface area contributed by atoms with Crippen LogP contribution in [0.4, 0.5) is 0 Å². The lowest BCUT2D eigenvalue weighted by Gasteiger charge is -2.60. The van der Waals surface area contributed by atoms with Gasteiger partial charge < -0.3 is 0 Å². The Labute approximate surface area is 117 Å². The molecule has 106 valence electrons. The SMILES string of the molecule is CC12CCCC=C1C1(C)CCC(=O)C(C)(C)[C@@H]1CC2. The highest BCUT2D eigenvalue weighted by Gasteiger charge is 2.57. The standard InChI is InChI=1S/C18H28O/c1-16(2)13-8-11-17(3)10-6-5-7-14(17)18(13,4)12-9-15(16)19/h7,13H,5-6,8-12H2,1-4H3/t13-,17?,18?/m0/s1. The van der Waals surface area contributed by atoms with E-state index in [1.807, 2.05) is 0 Å². The number of hydrogen-bond donors (Lipinski definition) is 0. The molecule has 2 saturated carbocycles. The van der Waals surface area contributed by atoms with Crippen LogP contribution in [0.5, 0.6) is 0 Å². The molecule has 0 heterocycles. The number of hydrogen-bond acceptors (Lipinski definition) is 1. The van der Waals surface area contributed by atoms with Crippen molar-refractivity contribution in [2.75, 3.05) is 0 Å². The number of Topliss-reactive ketones (excluding diaryl/α,β-unsaturated/α-hetero) is 1. The maximum absolute atomic E-state index is 12.3. The first-order valence-corrected chi connectivity index (χ1v) is 8.05. The minimum absolute atomic E-state index is 0.118. The van der Waals surface area contributed by atoms with Crippen LogP contribution in [0.3, 0.4) is 0 Å². The molecule has 3 aliphatic carbocycles. The monoisotopic (exact) mass is 260 g/mol. The van der Waals surface area contributed by atoms with E-state index in [0.717, 1.165) is 12.8 Å². The van der Waals surface area contributed by atoms with Gasteiger partial charge in [-0.25, -0.2) is 0 Å². The number of carbonyl (C=O) groups is 1. The van der Waals surface area contributed by atoms with Crippen molar-refractivity contribution in [2.45, 2.75) is 72.6 Å². The molecule has 2 unspecified atom stereocenters. The molecular weight excluding hydrogens is 232 g/mol. The fourth-order valence-corrected chi connectivity index (χ4v) is 5.63. The van der Waals surface area contributed by atoms with Crippen molar-refractivity contribution in [3.8, 4) is 0 Å². The van der Waals surface area contributed by atoms with Crippen LogP contribution >= 0.6 is 0 Å². The summed E-state index contributed by atoms with van der Waals surface area (Å²) >= 11 is 0. The highest BCUT2D eigenvalue weighted by atomic mass is 16.1. The van der Waals surface area contributed by atoms with Crippen LogP contribution in [0.2, 0.25) is 0 Å². The van der Waals surface area contributed by atoms with E-state index in [1.54, 1.807) is 5.57 Å². The second kappa shape index (κ2) is 3.96. The van der Waals surface area contributed by atoms with Gasteiger partial charge in [0.15, 0.2) is 0 Å². The van der Waals surface area contributed by atoms with Gasteiger partial charge in [0.1, 0.15) is 5.78 Å². The Morgan fingerprint density at radius 2 is 1.84 bits per heavy atom. The van der Waals surface area contributed by atoms with Gasteiger partial charge in [-0.05, 0) is 55.3 Å². The van der Waals surface area contributed by atoms with E-state index in [1.165, 1.54) is 32.1 Å². The van der Waals surface area contributed by atoms with Crippen LogP contribution in [0, 0.1) is 22.2 Å². The minimum atomic E-state index is -0.118. The molecular formula is C18H28O. The number of allylic oxidation sites excluding steroid dienone is 2. The van der Waals surface area contributed by atoms with E-state index in [0.29, 0.717) is 17.1 Å². The Kier molecular flexibility index (Phi) is 2.79. The second-order valence-electron chi connectivity index (χ2n) is 8.22. The fraction of sp³-hybridized carbons (Fsp3) is 0.833. The molecule has 0 aromatic heterocycles. The van der Waals surface area contributed by atoms with Crippen LogP contribution < -0.4 is 0 Å². The zero-order chi connectivity index (χ0) is 13.9. The number of rotatable bonds is 0. The Morgan fingerprint density at radius 1 is 1.11 bits per heavy atom. The predicted molar refractivity (Wildman–Crippen MR) is 78.9 cm³/mol. The molecule has 0 saturated heterocycles. The molecule has 0 aliphatic heterocycles. The molecule has 3 aliphatic rings. The summed E-state index contributed by atoms with van der Waals surface area (Å²) < 4.78 is 0. The third-order valence-corrected chi connectivity index (χ3v) is 6.76. The first-order valence-electron chi connectivity index (χ1n) is 8.05. The highest BCUT2D eigenvalue weighted by Crippen LogP contribution is 2.65. The van der Waals surface area contributed by atoms with Gasteiger partial charge in [-0.3, -0.25) is 4.79 Å². The molecule has 1 heteroatoms. The number of fused-ring (bicyclic) bond motifs is 3. The molecule has 2 fully saturated rings. The molecule has 0 amide bonds. The van der Waals surface area contributed by atoms with E-state index in [4.69, 9.17) is 0 Å². The van der Waals surface area contributed by atoms with E-state index in [2.05, 4.69) is 33.8 Å². The highest BCUT2D eigenvalue weighted by molar-refractivity contribution is 5.85. The van der Waals surface area contributed by atoms with Gasteiger partial charge in [0.2, 0.25) is 0 Å². The lowest BCUT2D eigenvalue weighted by Crippen LogP contribution is -2.54. The summed E-state index contributed by atoms with van der Waals surface area (Å²) in [4.78, 5) is 12.3. The van der Waals surface area contributed by atoms with E-state index >= 15 is 0 Å². The van der Waals surface area contributed by atoms with Gasteiger partial charge in [0.25, 0.3) is 0 Å². The Morgan fingerprint density at radius 3 is 2.58 bits per heavy atom. The first-order chi connectivity index (χ1) is 8.81. The zero-order valence-corrected chi connectivity index (χ0v) is 13.0. The van der Waals surface area contributed by atoms with Crippen LogP contribution in [-0.2, 0) is 4.79 Å². The van der Waals surface area contributed by atoms with E-state index < -0.39 is 0 Å².